The lowest BCUT2D eigenvalue weighted by atomic mass is 10.1. The first-order valence-corrected chi connectivity index (χ1v) is 6.34. The van der Waals surface area contributed by atoms with Crippen molar-refractivity contribution in [1.82, 2.24) is 9.97 Å². The molecule has 0 bridgehead atoms. The summed E-state index contributed by atoms with van der Waals surface area (Å²) in [6.07, 6.45) is -3.42. The van der Waals surface area contributed by atoms with E-state index < -0.39 is 11.9 Å². The van der Waals surface area contributed by atoms with Gasteiger partial charge in [0.1, 0.15) is 11.5 Å². The van der Waals surface area contributed by atoms with Crippen molar-refractivity contribution >= 4 is 22.3 Å². The first kappa shape index (κ1) is 14.1. The fourth-order valence-electron chi connectivity index (χ4n) is 2.22. The van der Waals surface area contributed by atoms with Crippen LogP contribution in [0.3, 0.4) is 0 Å². The van der Waals surface area contributed by atoms with Gasteiger partial charge in [0.25, 0.3) is 0 Å². The second kappa shape index (κ2) is 4.87. The van der Waals surface area contributed by atoms with Gasteiger partial charge in [0, 0.05) is 28.2 Å². The predicted molar refractivity (Wildman–Crippen MR) is 78.8 cm³/mol. The van der Waals surface area contributed by atoms with Gasteiger partial charge in [-0.05, 0) is 24.3 Å². The number of rotatable bonds is 1. The van der Waals surface area contributed by atoms with Gasteiger partial charge in [-0.15, -0.1) is 0 Å². The lowest BCUT2D eigenvalue weighted by Gasteiger charge is -2.10. The minimum Gasteiger partial charge on any atom is -0.398 e. The monoisotopic (exact) mass is 304 g/mol. The van der Waals surface area contributed by atoms with Crippen LogP contribution in [0.1, 0.15) is 5.69 Å². The van der Waals surface area contributed by atoms with Crippen molar-refractivity contribution in [3.63, 3.8) is 0 Å². The normalized spacial score (nSPS) is 11.8. The molecule has 0 unspecified atom stereocenters. The molecule has 0 saturated heterocycles. The quantitative estimate of drug-likeness (QED) is 0.675. The fourth-order valence-corrected chi connectivity index (χ4v) is 2.22. The highest BCUT2D eigenvalue weighted by molar-refractivity contribution is 6.00. The zero-order valence-electron chi connectivity index (χ0n) is 11.2. The van der Waals surface area contributed by atoms with Crippen LogP contribution in [0, 0.1) is 0 Å². The summed E-state index contributed by atoms with van der Waals surface area (Å²) in [7, 11) is 0. The van der Waals surface area contributed by atoms with Crippen LogP contribution in [0.4, 0.5) is 24.7 Å². The molecule has 4 N–H and O–H groups in total. The topological polar surface area (TPSA) is 77.8 Å². The second-order valence-electron chi connectivity index (χ2n) is 4.76. The van der Waals surface area contributed by atoms with Crippen LogP contribution >= 0.6 is 0 Å². The Labute approximate surface area is 123 Å². The highest BCUT2D eigenvalue weighted by atomic mass is 19.4. The number of halogens is 3. The summed E-state index contributed by atoms with van der Waals surface area (Å²) in [6.45, 7) is 0. The van der Waals surface area contributed by atoms with E-state index in [0.29, 0.717) is 22.2 Å². The van der Waals surface area contributed by atoms with Crippen LogP contribution in [0.5, 0.6) is 0 Å². The smallest absolute Gasteiger partial charge is 0.398 e. The molecular weight excluding hydrogens is 293 g/mol. The zero-order chi connectivity index (χ0) is 15.9. The molecule has 3 aromatic rings. The molecule has 0 amide bonds. The number of nitrogen functional groups attached to an aromatic ring is 2. The van der Waals surface area contributed by atoms with E-state index in [9.17, 15) is 13.2 Å². The molecular formula is C15H11F3N4. The van der Waals surface area contributed by atoms with E-state index in [4.69, 9.17) is 11.5 Å². The number of benzene rings is 1. The SMILES string of the molecule is Nc1cccc2c(N)nc(-c3ccnc(C(F)(F)F)c3)cc12. The summed E-state index contributed by atoms with van der Waals surface area (Å²) >= 11 is 0. The number of anilines is 2. The van der Waals surface area contributed by atoms with E-state index in [-0.39, 0.29) is 11.4 Å². The van der Waals surface area contributed by atoms with Crippen molar-refractivity contribution in [2.24, 2.45) is 0 Å². The summed E-state index contributed by atoms with van der Waals surface area (Å²) < 4.78 is 38.3. The molecule has 7 heteroatoms. The maximum absolute atomic E-state index is 12.8. The van der Waals surface area contributed by atoms with Crippen LogP contribution in [0.25, 0.3) is 22.0 Å². The van der Waals surface area contributed by atoms with Gasteiger partial charge >= 0.3 is 6.18 Å². The van der Waals surface area contributed by atoms with Gasteiger partial charge in [0.15, 0.2) is 0 Å². The second-order valence-corrected chi connectivity index (χ2v) is 4.76. The highest BCUT2D eigenvalue weighted by Crippen LogP contribution is 2.32. The van der Waals surface area contributed by atoms with Crippen molar-refractivity contribution in [3.8, 4) is 11.3 Å². The minimum absolute atomic E-state index is 0.213. The Hall–Kier alpha value is -2.83. The van der Waals surface area contributed by atoms with Crippen molar-refractivity contribution in [2.45, 2.75) is 6.18 Å². The zero-order valence-corrected chi connectivity index (χ0v) is 11.2. The number of nitrogens with two attached hydrogens (primary N) is 2. The van der Waals surface area contributed by atoms with E-state index in [1.165, 1.54) is 6.07 Å². The van der Waals surface area contributed by atoms with Crippen LogP contribution in [-0.4, -0.2) is 9.97 Å². The Balaban J connectivity index is 2.21. The van der Waals surface area contributed by atoms with E-state index in [1.54, 1.807) is 24.3 Å². The highest BCUT2D eigenvalue weighted by Gasteiger charge is 2.32. The molecule has 0 atom stereocenters. The Morgan fingerprint density at radius 1 is 0.955 bits per heavy atom. The van der Waals surface area contributed by atoms with Gasteiger partial charge in [0.05, 0.1) is 5.69 Å². The number of fused-ring (bicyclic) bond motifs is 1. The van der Waals surface area contributed by atoms with Gasteiger partial charge in [-0.2, -0.15) is 13.2 Å². The van der Waals surface area contributed by atoms with E-state index in [0.717, 1.165) is 12.3 Å². The van der Waals surface area contributed by atoms with Crippen LogP contribution < -0.4 is 11.5 Å². The average Bonchev–Trinajstić information content (AvgIpc) is 2.47. The number of nitrogens with zero attached hydrogens (tertiary/aromatic N) is 2. The Morgan fingerprint density at radius 2 is 1.73 bits per heavy atom. The molecule has 2 heterocycles. The number of aromatic nitrogens is 2. The van der Waals surface area contributed by atoms with Gasteiger partial charge in [-0.25, -0.2) is 4.98 Å². The summed E-state index contributed by atoms with van der Waals surface area (Å²) in [5.74, 6) is 0.213. The standard InChI is InChI=1S/C15H11F3N4/c16-15(17,18)13-6-8(4-5-21-13)12-7-10-9(14(20)22-12)2-1-3-11(10)19/h1-7H,19H2,(H2,20,22). The minimum atomic E-state index is -4.52. The van der Waals surface area contributed by atoms with Crippen LogP contribution in [0.15, 0.2) is 42.6 Å². The Kier molecular flexibility index (Phi) is 3.13. The molecule has 0 aliphatic heterocycles. The molecule has 0 fully saturated rings. The van der Waals surface area contributed by atoms with E-state index in [2.05, 4.69) is 9.97 Å². The average molecular weight is 304 g/mol. The molecule has 112 valence electrons. The maximum Gasteiger partial charge on any atom is 0.433 e. The Bertz CT molecular complexity index is 859. The molecule has 3 rings (SSSR count). The molecule has 0 saturated carbocycles. The van der Waals surface area contributed by atoms with E-state index in [1.807, 2.05) is 0 Å². The molecule has 0 aliphatic carbocycles. The molecule has 4 nitrogen and oxygen atoms in total. The van der Waals surface area contributed by atoms with Gasteiger partial charge in [-0.1, -0.05) is 12.1 Å². The third-order valence-electron chi connectivity index (χ3n) is 3.28. The van der Waals surface area contributed by atoms with Gasteiger partial charge < -0.3 is 11.5 Å². The third kappa shape index (κ3) is 2.41. The summed E-state index contributed by atoms with van der Waals surface area (Å²) in [6, 6.07) is 9.19. The molecule has 2 aromatic heterocycles. The number of alkyl halides is 3. The first-order chi connectivity index (χ1) is 10.4. The molecule has 22 heavy (non-hydrogen) atoms. The van der Waals surface area contributed by atoms with Gasteiger partial charge in [0.2, 0.25) is 0 Å². The van der Waals surface area contributed by atoms with Crippen molar-refractivity contribution in [3.05, 3.63) is 48.3 Å². The lowest BCUT2D eigenvalue weighted by Crippen LogP contribution is -2.07. The van der Waals surface area contributed by atoms with Crippen molar-refractivity contribution < 1.29 is 13.2 Å². The van der Waals surface area contributed by atoms with Crippen molar-refractivity contribution in [2.75, 3.05) is 11.5 Å². The van der Waals surface area contributed by atoms with Crippen LogP contribution in [0.2, 0.25) is 0 Å². The molecule has 1 aromatic carbocycles. The third-order valence-corrected chi connectivity index (χ3v) is 3.28. The number of hydrogen-bond acceptors (Lipinski definition) is 4. The summed E-state index contributed by atoms with van der Waals surface area (Å²) in [5, 5.41) is 1.31. The lowest BCUT2D eigenvalue weighted by molar-refractivity contribution is -0.141. The fraction of sp³-hybridized carbons (Fsp3) is 0.0667. The number of hydrogen-bond donors (Lipinski definition) is 2. The van der Waals surface area contributed by atoms with Gasteiger partial charge in [-0.3, -0.25) is 4.98 Å². The Morgan fingerprint density at radius 3 is 2.45 bits per heavy atom. The van der Waals surface area contributed by atoms with Crippen molar-refractivity contribution in [1.29, 1.82) is 0 Å². The largest absolute Gasteiger partial charge is 0.433 e. The first-order valence-electron chi connectivity index (χ1n) is 6.34. The maximum atomic E-state index is 12.8. The van der Waals surface area contributed by atoms with Crippen LogP contribution in [-0.2, 0) is 6.18 Å². The molecule has 0 radical (unpaired) electrons. The summed E-state index contributed by atoms with van der Waals surface area (Å²) in [5.41, 5.74) is 11.9. The molecule has 0 aliphatic rings. The predicted octanol–water partition coefficient (Wildman–Crippen LogP) is 3.48. The summed E-state index contributed by atoms with van der Waals surface area (Å²) in [4.78, 5) is 7.49. The number of pyridine rings is 2. The van der Waals surface area contributed by atoms with E-state index >= 15 is 0 Å². The molecule has 0 spiro atoms.